The molecule has 88 valence electrons. The first-order valence-electron chi connectivity index (χ1n) is 5.81. The Morgan fingerprint density at radius 2 is 1.78 bits per heavy atom. The van der Waals surface area contributed by atoms with Crippen LogP contribution in [-0.4, -0.2) is 9.97 Å². The Balaban J connectivity index is 2.35. The lowest BCUT2D eigenvalue weighted by Gasteiger charge is -2.04. The Bertz CT molecular complexity index is 760. The van der Waals surface area contributed by atoms with E-state index in [0.29, 0.717) is 5.69 Å². The van der Waals surface area contributed by atoms with Gasteiger partial charge in [-0.15, -0.1) is 0 Å². The van der Waals surface area contributed by atoms with Gasteiger partial charge >= 0.3 is 0 Å². The second-order valence-corrected chi connectivity index (χ2v) is 4.25. The molecule has 3 aromatic rings. The van der Waals surface area contributed by atoms with Crippen LogP contribution in [-0.2, 0) is 0 Å². The summed E-state index contributed by atoms with van der Waals surface area (Å²) in [6, 6.07) is 15.3. The van der Waals surface area contributed by atoms with E-state index in [4.69, 9.17) is 0 Å². The first-order chi connectivity index (χ1) is 8.75. The zero-order valence-corrected chi connectivity index (χ0v) is 9.97. The van der Waals surface area contributed by atoms with Crippen molar-refractivity contribution in [3.63, 3.8) is 0 Å². The average Bonchev–Trinajstić information content (AvgIpc) is 2.39. The second-order valence-electron chi connectivity index (χ2n) is 4.25. The smallest absolute Gasteiger partial charge is 0.274 e. The van der Waals surface area contributed by atoms with Crippen molar-refractivity contribution in [2.75, 3.05) is 0 Å². The molecule has 0 spiro atoms. The summed E-state index contributed by atoms with van der Waals surface area (Å²) in [5.41, 5.74) is 3.83. The van der Waals surface area contributed by atoms with Gasteiger partial charge in [-0.2, -0.15) is 0 Å². The van der Waals surface area contributed by atoms with E-state index in [-0.39, 0.29) is 5.56 Å². The number of para-hydroxylation sites is 1. The highest BCUT2D eigenvalue weighted by molar-refractivity contribution is 5.79. The lowest BCUT2D eigenvalue weighted by atomic mass is 10.1. The minimum absolute atomic E-state index is 0.153. The summed E-state index contributed by atoms with van der Waals surface area (Å²) in [7, 11) is 0. The van der Waals surface area contributed by atoms with Crippen LogP contribution in [0.25, 0.3) is 22.3 Å². The highest BCUT2D eigenvalue weighted by Crippen LogP contribution is 2.17. The zero-order valence-electron chi connectivity index (χ0n) is 9.97. The quantitative estimate of drug-likeness (QED) is 0.706. The summed E-state index contributed by atoms with van der Waals surface area (Å²) in [5, 5.41) is 0. The van der Waals surface area contributed by atoms with Crippen molar-refractivity contribution in [3.8, 4) is 11.3 Å². The molecule has 18 heavy (non-hydrogen) atoms. The summed E-state index contributed by atoms with van der Waals surface area (Å²) >= 11 is 0. The number of nitrogens with one attached hydrogen (secondary N) is 1. The van der Waals surface area contributed by atoms with Crippen LogP contribution in [0.2, 0.25) is 0 Å². The lowest BCUT2D eigenvalue weighted by Crippen LogP contribution is -2.11. The highest BCUT2D eigenvalue weighted by atomic mass is 16.1. The average molecular weight is 236 g/mol. The van der Waals surface area contributed by atoms with E-state index in [1.165, 1.54) is 0 Å². The van der Waals surface area contributed by atoms with Gasteiger partial charge in [0.2, 0.25) is 0 Å². The molecule has 0 bridgehead atoms. The molecule has 2 aromatic carbocycles. The molecule has 3 rings (SSSR count). The van der Waals surface area contributed by atoms with Gasteiger partial charge in [0, 0.05) is 5.56 Å². The minimum atomic E-state index is -0.153. The summed E-state index contributed by atoms with van der Waals surface area (Å²) in [5.74, 6) is 0. The maximum Gasteiger partial charge on any atom is 0.274 e. The van der Waals surface area contributed by atoms with Crippen molar-refractivity contribution in [1.82, 2.24) is 9.97 Å². The van der Waals surface area contributed by atoms with Crippen LogP contribution in [0, 0.1) is 6.92 Å². The minimum Gasteiger partial charge on any atom is -0.319 e. The van der Waals surface area contributed by atoms with Crippen LogP contribution in [0.15, 0.2) is 53.3 Å². The molecule has 1 aromatic heterocycles. The summed E-state index contributed by atoms with van der Waals surface area (Å²) < 4.78 is 0. The van der Waals surface area contributed by atoms with Gasteiger partial charge in [-0.1, -0.05) is 42.5 Å². The van der Waals surface area contributed by atoms with Crippen LogP contribution in [0.3, 0.4) is 0 Å². The molecule has 0 saturated carbocycles. The number of fused-ring (bicyclic) bond motifs is 1. The number of rotatable bonds is 1. The molecule has 0 aliphatic heterocycles. The molecular weight excluding hydrogens is 224 g/mol. The number of hydrogen-bond donors (Lipinski definition) is 1. The van der Waals surface area contributed by atoms with Crippen LogP contribution < -0.4 is 5.56 Å². The number of nitrogens with zero attached hydrogens (tertiary/aromatic N) is 1. The van der Waals surface area contributed by atoms with E-state index in [2.05, 4.69) is 9.97 Å². The number of H-pyrrole nitrogens is 1. The summed E-state index contributed by atoms with van der Waals surface area (Å²) in [4.78, 5) is 19.4. The number of aromatic nitrogens is 2. The molecule has 0 fully saturated rings. The maximum atomic E-state index is 12.0. The van der Waals surface area contributed by atoms with Crippen LogP contribution in [0.4, 0.5) is 0 Å². The molecule has 0 radical (unpaired) electrons. The van der Waals surface area contributed by atoms with E-state index < -0.39 is 0 Å². The first kappa shape index (κ1) is 10.7. The predicted molar refractivity (Wildman–Crippen MR) is 72.5 cm³/mol. The van der Waals surface area contributed by atoms with Crippen molar-refractivity contribution in [3.05, 3.63) is 64.4 Å². The number of aryl methyl sites for hydroxylation is 1. The fourth-order valence-electron chi connectivity index (χ4n) is 2.04. The fourth-order valence-corrected chi connectivity index (χ4v) is 2.04. The SMILES string of the molecule is Cc1cccc2[nH]c(=O)c(-c3ccccc3)nc12. The van der Waals surface area contributed by atoms with Crippen LogP contribution in [0.5, 0.6) is 0 Å². The molecular formula is C15H12N2O. The summed E-state index contributed by atoms with van der Waals surface area (Å²) in [6.07, 6.45) is 0. The van der Waals surface area contributed by atoms with E-state index in [1.807, 2.05) is 55.5 Å². The Morgan fingerprint density at radius 3 is 2.56 bits per heavy atom. The third kappa shape index (κ3) is 1.70. The molecule has 0 aliphatic rings. The number of hydrogen-bond acceptors (Lipinski definition) is 2. The normalized spacial score (nSPS) is 10.7. The summed E-state index contributed by atoms with van der Waals surface area (Å²) in [6.45, 7) is 1.99. The van der Waals surface area contributed by atoms with Crippen molar-refractivity contribution in [1.29, 1.82) is 0 Å². The van der Waals surface area contributed by atoms with Gasteiger partial charge in [0.25, 0.3) is 5.56 Å². The predicted octanol–water partition coefficient (Wildman–Crippen LogP) is 2.90. The largest absolute Gasteiger partial charge is 0.319 e. The monoisotopic (exact) mass is 236 g/mol. The van der Waals surface area contributed by atoms with E-state index in [0.717, 1.165) is 22.2 Å². The van der Waals surface area contributed by atoms with Crippen LogP contribution in [0.1, 0.15) is 5.56 Å². The van der Waals surface area contributed by atoms with Gasteiger partial charge in [0.1, 0.15) is 5.69 Å². The zero-order chi connectivity index (χ0) is 12.5. The van der Waals surface area contributed by atoms with Gasteiger partial charge in [0.05, 0.1) is 11.0 Å². The number of aromatic amines is 1. The van der Waals surface area contributed by atoms with E-state index in [1.54, 1.807) is 0 Å². The second kappa shape index (κ2) is 4.11. The van der Waals surface area contributed by atoms with Gasteiger partial charge in [-0.3, -0.25) is 4.79 Å². The fraction of sp³-hybridized carbons (Fsp3) is 0.0667. The van der Waals surface area contributed by atoms with E-state index >= 15 is 0 Å². The topological polar surface area (TPSA) is 45.8 Å². The van der Waals surface area contributed by atoms with Gasteiger partial charge < -0.3 is 4.98 Å². The van der Waals surface area contributed by atoms with Crippen LogP contribution >= 0.6 is 0 Å². The number of benzene rings is 2. The molecule has 0 unspecified atom stereocenters. The van der Waals surface area contributed by atoms with Crippen molar-refractivity contribution in [2.45, 2.75) is 6.92 Å². The first-order valence-corrected chi connectivity index (χ1v) is 5.81. The lowest BCUT2D eigenvalue weighted by molar-refractivity contribution is 1.21. The Hall–Kier alpha value is -2.42. The molecule has 0 atom stereocenters. The molecule has 0 saturated heterocycles. The van der Waals surface area contributed by atoms with Gasteiger partial charge in [-0.05, 0) is 18.6 Å². The molecule has 3 nitrogen and oxygen atoms in total. The Labute approximate surface area is 104 Å². The third-order valence-electron chi connectivity index (χ3n) is 2.97. The highest BCUT2D eigenvalue weighted by Gasteiger charge is 2.07. The molecule has 3 heteroatoms. The van der Waals surface area contributed by atoms with Crippen molar-refractivity contribution >= 4 is 11.0 Å². The van der Waals surface area contributed by atoms with Gasteiger partial charge in [0.15, 0.2) is 0 Å². The molecule has 0 aliphatic carbocycles. The third-order valence-corrected chi connectivity index (χ3v) is 2.97. The maximum absolute atomic E-state index is 12.0. The molecule has 1 heterocycles. The Morgan fingerprint density at radius 1 is 1.00 bits per heavy atom. The van der Waals surface area contributed by atoms with E-state index in [9.17, 15) is 4.79 Å². The van der Waals surface area contributed by atoms with Crippen molar-refractivity contribution < 1.29 is 0 Å². The van der Waals surface area contributed by atoms with Crippen molar-refractivity contribution in [2.24, 2.45) is 0 Å². The molecule has 1 N–H and O–H groups in total. The van der Waals surface area contributed by atoms with Gasteiger partial charge in [-0.25, -0.2) is 4.98 Å². The standard InChI is InChI=1S/C15H12N2O/c1-10-6-5-9-12-13(10)17-14(15(18)16-12)11-7-3-2-4-8-11/h2-9H,1H3,(H,16,18). The molecule has 0 amide bonds. The Kier molecular flexibility index (Phi) is 2.45.